The van der Waals surface area contributed by atoms with Crippen LogP contribution in [0.5, 0.6) is 0 Å². The van der Waals surface area contributed by atoms with E-state index in [4.69, 9.17) is 4.42 Å². The van der Waals surface area contributed by atoms with Crippen LogP contribution in [0.15, 0.2) is 27.4 Å². The van der Waals surface area contributed by atoms with Gasteiger partial charge in [0.2, 0.25) is 0 Å². The molecule has 1 aromatic carbocycles. The maximum Gasteiger partial charge on any atom is 0.417 e. The van der Waals surface area contributed by atoms with Crippen molar-refractivity contribution < 1.29 is 9.21 Å². The lowest BCUT2D eigenvalue weighted by Crippen LogP contribution is -2.52. The number of benzene rings is 1. The van der Waals surface area contributed by atoms with Crippen molar-refractivity contribution in [3.05, 3.63) is 34.3 Å². The fourth-order valence-corrected chi connectivity index (χ4v) is 4.17. The van der Waals surface area contributed by atoms with Gasteiger partial charge in [0.25, 0.3) is 5.91 Å². The van der Waals surface area contributed by atoms with Gasteiger partial charge in [-0.05, 0) is 49.8 Å². The number of piperazine rings is 1. The number of hydrogen-bond donors (Lipinski definition) is 1. The molecule has 2 aliphatic rings. The molecule has 134 valence electrons. The highest BCUT2D eigenvalue weighted by Gasteiger charge is 2.28. The predicted octanol–water partition coefficient (Wildman–Crippen LogP) is 2.46. The normalized spacial score (nSPS) is 25.4. The topological polar surface area (TPSA) is 69.5 Å². The van der Waals surface area contributed by atoms with Gasteiger partial charge < -0.3 is 9.32 Å². The third kappa shape index (κ3) is 3.35. The molecule has 0 atom stereocenters. The molecule has 6 heteroatoms. The zero-order valence-corrected chi connectivity index (χ0v) is 14.7. The lowest BCUT2D eigenvalue weighted by Gasteiger charge is -2.41. The number of aromatic nitrogens is 1. The minimum Gasteiger partial charge on any atom is -0.408 e. The van der Waals surface area contributed by atoms with Gasteiger partial charge in [0.1, 0.15) is 0 Å². The lowest BCUT2D eigenvalue weighted by atomic mass is 9.86. The zero-order valence-electron chi connectivity index (χ0n) is 14.7. The SMILES string of the molecule is CC1CCC(N2CCN(C(=O)c3ccc4oc(=O)[nH]c4c3)CC2)CC1. The average Bonchev–Trinajstić information content (AvgIpc) is 3.01. The molecule has 1 aliphatic carbocycles. The van der Waals surface area contributed by atoms with E-state index in [2.05, 4.69) is 16.8 Å². The first-order valence-corrected chi connectivity index (χ1v) is 9.26. The summed E-state index contributed by atoms with van der Waals surface area (Å²) in [6.07, 6.45) is 5.23. The largest absolute Gasteiger partial charge is 0.417 e. The molecule has 0 unspecified atom stereocenters. The number of nitrogens with one attached hydrogen (secondary N) is 1. The van der Waals surface area contributed by atoms with Crippen LogP contribution in [0, 0.1) is 5.92 Å². The fraction of sp³-hybridized carbons (Fsp3) is 0.579. The molecule has 0 spiro atoms. The zero-order chi connectivity index (χ0) is 17.4. The van der Waals surface area contributed by atoms with Gasteiger partial charge in [-0.1, -0.05) is 6.92 Å². The van der Waals surface area contributed by atoms with Crippen LogP contribution < -0.4 is 5.76 Å². The van der Waals surface area contributed by atoms with E-state index in [9.17, 15) is 9.59 Å². The Kier molecular flexibility index (Phi) is 4.37. The van der Waals surface area contributed by atoms with Crippen LogP contribution in [0.2, 0.25) is 0 Å². The molecule has 2 aromatic rings. The van der Waals surface area contributed by atoms with E-state index >= 15 is 0 Å². The molecule has 2 heterocycles. The molecule has 4 rings (SSSR count). The summed E-state index contributed by atoms with van der Waals surface area (Å²) in [5.74, 6) is 0.402. The number of nitrogens with zero attached hydrogens (tertiary/aromatic N) is 2. The molecule has 1 saturated heterocycles. The molecule has 1 aliphatic heterocycles. The number of rotatable bonds is 2. The summed E-state index contributed by atoms with van der Waals surface area (Å²) in [6.45, 7) is 5.79. The first-order chi connectivity index (χ1) is 12.1. The van der Waals surface area contributed by atoms with Crippen molar-refractivity contribution in [1.82, 2.24) is 14.8 Å². The molecule has 1 amide bonds. The Morgan fingerprint density at radius 1 is 1.12 bits per heavy atom. The summed E-state index contributed by atoms with van der Waals surface area (Å²) in [5.41, 5.74) is 1.66. The van der Waals surface area contributed by atoms with Crippen molar-refractivity contribution in [2.24, 2.45) is 5.92 Å². The third-order valence-electron chi connectivity index (χ3n) is 5.77. The number of carbonyl (C=O) groups is 1. The first-order valence-electron chi connectivity index (χ1n) is 9.26. The monoisotopic (exact) mass is 343 g/mol. The van der Waals surface area contributed by atoms with Crippen molar-refractivity contribution in [2.45, 2.75) is 38.6 Å². The summed E-state index contributed by atoms with van der Waals surface area (Å²) in [5, 5.41) is 0. The van der Waals surface area contributed by atoms with E-state index in [1.54, 1.807) is 18.2 Å². The summed E-state index contributed by atoms with van der Waals surface area (Å²) in [4.78, 5) is 31.1. The van der Waals surface area contributed by atoms with Gasteiger partial charge in [-0.2, -0.15) is 0 Å². The van der Waals surface area contributed by atoms with Gasteiger partial charge in [0.05, 0.1) is 5.52 Å². The van der Waals surface area contributed by atoms with Gasteiger partial charge in [-0.3, -0.25) is 14.7 Å². The maximum absolute atomic E-state index is 12.8. The molecule has 1 aromatic heterocycles. The maximum atomic E-state index is 12.8. The standard InChI is InChI=1S/C19H25N3O3/c1-13-2-5-15(6-3-13)21-8-10-22(11-9-21)18(23)14-4-7-17-16(12-14)20-19(24)25-17/h4,7,12-13,15H,2-3,5-6,8-11H2,1H3,(H,20,24). The number of H-pyrrole nitrogens is 1. The minimum atomic E-state index is -0.491. The third-order valence-corrected chi connectivity index (χ3v) is 5.77. The molecular weight excluding hydrogens is 318 g/mol. The number of oxazole rings is 1. The smallest absolute Gasteiger partial charge is 0.408 e. The predicted molar refractivity (Wildman–Crippen MR) is 95.7 cm³/mol. The average molecular weight is 343 g/mol. The Morgan fingerprint density at radius 2 is 1.84 bits per heavy atom. The number of amides is 1. The van der Waals surface area contributed by atoms with Gasteiger partial charge in [0.15, 0.2) is 5.58 Å². The van der Waals surface area contributed by atoms with Crippen LogP contribution >= 0.6 is 0 Å². The molecule has 6 nitrogen and oxygen atoms in total. The van der Waals surface area contributed by atoms with Crippen molar-refractivity contribution in [1.29, 1.82) is 0 Å². The van der Waals surface area contributed by atoms with Crippen molar-refractivity contribution in [2.75, 3.05) is 26.2 Å². The summed E-state index contributed by atoms with van der Waals surface area (Å²) >= 11 is 0. The summed E-state index contributed by atoms with van der Waals surface area (Å²) in [6, 6.07) is 5.81. The Balaban J connectivity index is 1.39. The summed E-state index contributed by atoms with van der Waals surface area (Å²) in [7, 11) is 0. The number of fused-ring (bicyclic) bond motifs is 1. The molecule has 0 bridgehead atoms. The van der Waals surface area contributed by atoms with Crippen molar-refractivity contribution in [3.63, 3.8) is 0 Å². The van der Waals surface area contributed by atoms with Crippen LogP contribution in [0.25, 0.3) is 11.1 Å². The van der Waals surface area contributed by atoms with Crippen LogP contribution in [-0.2, 0) is 0 Å². The van der Waals surface area contributed by atoms with Crippen LogP contribution in [-0.4, -0.2) is 52.9 Å². The van der Waals surface area contributed by atoms with Crippen molar-refractivity contribution in [3.8, 4) is 0 Å². The number of hydrogen-bond acceptors (Lipinski definition) is 4. The van der Waals surface area contributed by atoms with E-state index in [1.807, 2.05) is 4.90 Å². The van der Waals surface area contributed by atoms with E-state index in [0.717, 1.165) is 32.1 Å². The first kappa shape index (κ1) is 16.4. The quantitative estimate of drug-likeness (QED) is 0.909. The lowest BCUT2D eigenvalue weighted by molar-refractivity contribution is 0.0501. The summed E-state index contributed by atoms with van der Waals surface area (Å²) < 4.78 is 4.99. The van der Waals surface area contributed by atoms with Crippen molar-refractivity contribution >= 4 is 17.0 Å². The van der Waals surface area contributed by atoms with Gasteiger partial charge in [0, 0.05) is 37.8 Å². The number of aromatic amines is 1. The Labute approximate surface area is 146 Å². The Morgan fingerprint density at radius 3 is 2.56 bits per heavy atom. The van der Waals surface area contributed by atoms with E-state index in [0.29, 0.717) is 22.7 Å². The van der Waals surface area contributed by atoms with E-state index in [1.165, 1.54) is 25.7 Å². The molecule has 1 N–H and O–H groups in total. The van der Waals surface area contributed by atoms with E-state index in [-0.39, 0.29) is 5.91 Å². The second-order valence-corrected chi connectivity index (χ2v) is 7.47. The fourth-order valence-electron chi connectivity index (χ4n) is 4.17. The molecule has 1 saturated carbocycles. The number of carbonyl (C=O) groups excluding carboxylic acids is 1. The van der Waals surface area contributed by atoms with E-state index < -0.39 is 5.76 Å². The Hall–Kier alpha value is -2.08. The molecule has 2 fully saturated rings. The highest BCUT2D eigenvalue weighted by molar-refractivity contribution is 5.97. The second kappa shape index (κ2) is 6.67. The highest BCUT2D eigenvalue weighted by atomic mass is 16.4. The second-order valence-electron chi connectivity index (χ2n) is 7.47. The molecule has 25 heavy (non-hydrogen) atoms. The van der Waals surface area contributed by atoms with Crippen LogP contribution in [0.1, 0.15) is 43.0 Å². The van der Waals surface area contributed by atoms with Gasteiger partial charge in [-0.25, -0.2) is 4.79 Å². The molecule has 0 radical (unpaired) electrons. The van der Waals surface area contributed by atoms with Crippen LogP contribution in [0.4, 0.5) is 0 Å². The van der Waals surface area contributed by atoms with Gasteiger partial charge in [-0.15, -0.1) is 0 Å². The molecular formula is C19H25N3O3. The minimum absolute atomic E-state index is 0.0286. The van der Waals surface area contributed by atoms with Gasteiger partial charge >= 0.3 is 5.76 Å². The van der Waals surface area contributed by atoms with Crippen LogP contribution in [0.3, 0.4) is 0 Å². The highest BCUT2D eigenvalue weighted by Crippen LogP contribution is 2.28. The Bertz CT molecular complexity index is 809.